The van der Waals surface area contributed by atoms with E-state index in [-0.39, 0.29) is 6.54 Å². The third kappa shape index (κ3) is 4.60. The van der Waals surface area contributed by atoms with Crippen molar-refractivity contribution >= 4 is 29.1 Å². The van der Waals surface area contributed by atoms with E-state index in [4.69, 9.17) is 38.9 Å². The van der Waals surface area contributed by atoms with Gasteiger partial charge >= 0.3 is 11.4 Å². The molecular weight excluding hydrogens is 343 g/mol. The van der Waals surface area contributed by atoms with Crippen LogP contribution >= 0.6 is 23.2 Å². The third-order valence-corrected chi connectivity index (χ3v) is 3.69. The molecule has 2 heterocycles. The van der Waals surface area contributed by atoms with E-state index >= 15 is 0 Å². The van der Waals surface area contributed by atoms with E-state index in [9.17, 15) is 4.79 Å². The number of primary amides is 1. The van der Waals surface area contributed by atoms with Crippen molar-refractivity contribution in [3.63, 3.8) is 0 Å². The number of nitrogens with two attached hydrogens (primary N) is 1. The molecule has 0 bridgehead atoms. The number of halogens is 2. The van der Waals surface area contributed by atoms with Crippen LogP contribution < -0.4 is 20.3 Å². The third-order valence-electron chi connectivity index (χ3n) is 3.05. The molecule has 9 heteroatoms. The van der Waals surface area contributed by atoms with Crippen LogP contribution in [-0.2, 0) is 11.3 Å². The largest absolute Gasteiger partial charge is 0.366 e. The summed E-state index contributed by atoms with van der Waals surface area (Å²) in [7, 11) is 0. The molecule has 23 heavy (non-hydrogen) atoms. The molecule has 0 aliphatic carbocycles. The van der Waals surface area contributed by atoms with Crippen molar-refractivity contribution in [2.45, 2.75) is 17.9 Å². The van der Waals surface area contributed by atoms with E-state index in [0.717, 1.165) is 0 Å². The standard InChI is InChI=1S/C14H15Cl2N4O3/c15-13(19-7-4-10(5-8-19)12(17)21)23-14(16)20-6-2-1-3-11(20)9-18-22/h1-8,13-14,18,22H,9H2,(H-,17,21)/q+1/p+1. The summed E-state index contributed by atoms with van der Waals surface area (Å²) in [4.78, 5) is 11.0. The number of hydrogen-bond donors (Lipinski definition) is 3. The molecule has 2 aromatic heterocycles. The maximum absolute atomic E-state index is 11.0. The Morgan fingerprint density at radius 2 is 1.91 bits per heavy atom. The summed E-state index contributed by atoms with van der Waals surface area (Å²) < 4.78 is 8.68. The van der Waals surface area contributed by atoms with Gasteiger partial charge in [0.25, 0.3) is 0 Å². The predicted octanol–water partition coefficient (Wildman–Crippen LogP) is 0.946. The number of carbonyl (C=O) groups excluding carboxylic acids is 1. The molecule has 0 saturated carbocycles. The van der Waals surface area contributed by atoms with E-state index < -0.39 is 17.3 Å². The Bertz CT molecular complexity index is 669. The molecule has 2 aromatic rings. The molecule has 2 rings (SSSR count). The van der Waals surface area contributed by atoms with Crippen LogP contribution in [0.5, 0.6) is 0 Å². The van der Waals surface area contributed by atoms with Gasteiger partial charge in [0.15, 0.2) is 18.6 Å². The van der Waals surface area contributed by atoms with E-state index in [1.54, 1.807) is 35.3 Å². The summed E-state index contributed by atoms with van der Waals surface area (Å²) in [6.45, 7) is 0.195. The predicted molar refractivity (Wildman–Crippen MR) is 81.3 cm³/mol. The molecule has 0 fully saturated rings. The lowest BCUT2D eigenvalue weighted by molar-refractivity contribution is -0.799. The SMILES string of the molecule is NC(=O)c1cc[n+](C(Cl)OC(Cl)[n+]2ccccc2CNO)cc1. The maximum atomic E-state index is 11.0. The van der Waals surface area contributed by atoms with Crippen molar-refractivity contribution in [3.8, 4) is 0 Å². The van der Waals surface area contributed by atoms with Gasteiger partial charge in [-0.25, -0.2) is 4.74 Å². The van der Waals surface area contributed by atoms with Crippen LogP contribution in [0.3, 0.4) is 0 Å². The first kappa shape index (κ1) is 17.6. The Morgan fingerprint density at radius 1 is 1.22 bits per heavy atom. The number of aromatic nitrogens is 2. The molecule has 122 valence electrons. The van der Waals surface area contributed by atoms with Gasteiger partial charge in [-0.2, -0.15) is 14.6 Å². The van der Waals surface area contributed by atoms with Gasteiger partial charge in [-0.3, -0.25) is 4.79 Å². The lowest BCUT2D eigenvalue weighted by Gasteiger charge is -2.11. The highest BCUT2D eigenvalue weighted by molar-refractivity contribution is 6.19. The average molecular weight is 359 g/mol. The summed E-state index contributed by atoms with van der Waals surface area (Å²) in [5.74, 6) is -0.527. The van der Waals surface area contributed by atoms with E-state index in [1.807, 2.05) is 6.07 Å². The van der Waals surface area contributed by atoms with Gasteiger partial charge in [0, 0.05) is 24.3 Å². The van der Waals surface area contributed by atoms with Gasteiger partial charge in [0.1, 0.15) is 6.54 Å². The van der Waals surface area contributed by atoms with Crippen LogP contribution in [0.25, 0.3) is 0 Å². The molecule has 0 aromatic carbocycles. The van der Waals surface area contributed by atoms with Crippen LogP contribution in [0, 0.1) is 0 Å². The first-order valence-corrected chi connectivity index (χ1v) is 7.50. The second-order valence-electron chi connectivity index (χ2n) is 4.55. The number of ether oxygens (including phenoxy) is 1. The molecule has 0 spiro atoms. The molecule has 2 unspecified atom stereocenters. The first-order valence-electron chi connectivity index (χ1n) is 6.63. The van der Waals surface area contributed by atoms with Gasteiger partial charge in [0.05, 0.1) is 5.56 Å². The number of alkyl halides is 2. The van der Waals surface area contributed by atoms with E-state index in [2.05, 4.69) is 5.48 Å². The Labute approximate surface area is 142 Å². The highest BCUT2D eigenvalue weighted by atomic mass is 35.5. The molecule has 2 atom stereocenters. The summed E-state index contributed by atoms with van der Waals surface area (Å²) in [6, 6.07) is 8.42. The minimum Gasteiger partial charge on any atom is -0.366 e. The maximum Gasteiger partial charge on any atom is 0.349 e. The molecule has 1 amide bonds. The topological polar surface area (TPSA) is 92.3 Å². The number of amides is 1. The highest BCUT2D eigenvalue weighted by Gasteiger charge is 2.27. The van der Waals surface area contributed by atoms with Crippen molar-refractivity contribution in [1.29, 1.82) is 0 Å². The Hall–Kier alpha value is -1.77. The van der Waals surface area contributed by atoms with Gasteiger partial charge in [-0.05, 0) is 23.2 Å². The van der Waals surface area contributed by atoms with Crippen LogP contribution in [-0.4, -0.2) is 11.1 Å². The van der Waals surface area contributed by atoms with Crippen molar-refractivity contribution in [3.05, 3.63) is 60.2 Å². The van der Waals surface area contributed by atoms with Crippen molar-refractivity contribution in [2.75, 3.05) is 0 Å². The fourth-order valence-electron chi connectivity index (χ4n) is 1.89. The summed E-state index contributed by atoms with van der Waals surface area (Å²) in [5.41, 5.74) is 6.51. The minimum absolute atomic E-state index is 0.195. The number of carbonyl (C=O) groups is 1. The van der Waals surface area contributed by atoms with Crippen molar-refractivity contribution < 1.29 is 23.9 Å². The fourth-order valence-corrected chi connectivity index (χ4v) is 2.45. The van der Waals surface area contributed by atoms with Crippen LogP contribution in [0.1, 0.15) is 27.4 Å². The van der Waals surface area contributed by atoms with Gasteiger partial charge in [-0.1, -0.05) is 6.07 Å². The summed E-state index contributed by atoms with van der Waals surface area (Å²) >= 11 is 12.4. The smallest absolute Gasteiger partial charge is 0.349 e. The Morgan fingerprint density at radius 3 is 2.52 bits per heavy atom. The van der Waals surface area contributed by atoms with Gasteiger partial charge < -0.3 is 10.9 Å². The molecule has 0 radical (unpaired) electrons. The minimum atomic E-state index is -0.901. The molecule has 0 saturated heterocycles. The quantitative estimate of drug-likeness (QED) is 0.390. The zero-order chi connectivity index (χ0) is 16.8. The second kappa shape index (κ2) is 8.19. The van der Waals surface area contributed by atoms with Crippen LogP contribution in [0.4, 0.5) is 0 Å². The molecule has 0 aliphatic rings. The number of nitrogens with zero attached hydrogens (tertiary/aromatic N) is 2. The Kier molecular flexibility index (Phi) is 6.26. The Balaban J connectivity index is 2.10. The average Bonchev–Trinajstić information content (AvgIpc) is 2.55. The zero-order valence-corrected chi connectivity index (χ0v) is 13.5. The number of hydroxylamine groups is 1. The lowest BCUT2D eigenvalue weighted by Crippen LogP contribution is -2.46. The lowest BCUT2D eigenvalue weighted by atomic mass is 10.2. The number of pyridine rings is 2. The van der Waals surface area contributed by atoms with Gasteiger partial charge in [-0.15, -0.1) is 0 Å². The zero-order valence-electron chi connectivity index (χ0n) is 12.0. The van der Waals surface area contributed by atoms with Crippen molar-refractivity contribution in [1.82, 2.24) is 5.48 Å². The summed E-state index contributed by atoms with van der Waals surface area (Å²) in [6.07, 6.45) is 4.83. The normalized spacial score (nSPS) is 13.5. The van der Waals surface area contributed by atoms with Crippen molar-refractivity contribution in [2.24, 2.45) is 5.73 Å². The second-order valence-corrected chi connectivity index (χ2v) is 5.30. The number of hydrogen-bond acceptors (Lipinski definition) is 4. The number of nitrogens with one attached hydrogen (secondary N) is 1. The molecular formula is C14H16Cl2N4O3+2. The summed E-state index contributed by atoms with van der Waals surface area (Å²) in [5, 5.41) is 8.84. The highest BCUT2D eigenvalue weighted by Crippen LogP contribution is 2.16. The van der Waals surface area contributed by atoms with Crippen LogP contribution in [0.15, 0.2) is 48.9 Å². The molecule has 4 N–H and O–H groups in total. The van der Waals surface area contributed by atoms with E-state index in [1.165, 1.54) is 16.7 Å². The first-order chi connectivity index (χ1) is 11.0. The van der Waals surface area contributed by atoms with Crippen LogP contribution in [0.2, 0.25) is 0 Å². The van der Waals surface area contributed by atoms with Gasteiger partial charge in [0.2, 0.25) is 11.6 Å². The fraction of sp³-hybridized carbons (Fsp3) is 0.214. The van der Waals surface area contributed by atoms with E-state index in [0.29, 0.717) is 11.3 Å². The monoisotopic (exact) mass is 358 g/mol. The molecule has 0 aliphatic heterocycles. The molecule has 7 nitrogen and oxygen atoms in total. The number of rotatable bonds is 7.